The fourth-order valence-electron chi connectivity index (χ4n) is 1.73. The van der Waals surface area contributed by atoms with E-state index in [1.54, 1.807) is 7.11 Å². The van der Waals surface area contributed by atoms with E-state index in [4.69, 9.17) is 14.2 Å². The molecule has 1 aromatic carbocycles. The molecule has 0 radical (unpaired) electrons. The zero-order valence-corrected chi connectivity index (χ0v) is 13.0. The summed E-state index contributed by atoms with van der Waals surface area (Å²) in [5.74, 6) is 3.23. The van der Waals surface area contributed by atoms with Gasteiger partial charge in [0.25, 0.3) is 0 Å². The minimum atomic E-state index is 0.371. The largest absolute Gasteiger partial charge is 0.491 e. The molecule has 1 aliphatic heterocycles. The minimum Gasteiger partial charge on any atom is -0.491 e. The lowest BCUT2D eigenvalue weighted by molar-refractivity contribution is 0.146. The fraction of sp³-hybridized carbons (Fsp3) is 0.600. The van der Waals surface area contributed by atoms with Gasteiger partial charge >= 0.3 is 0 Å². The number of rotatable bonds is 5. The van der Waals surface area contributed by atoms with Gasteiger partial charge in [0, 0.05) is 18.0 Å². The smallest absolute Gasteiger partial charge is 0.155 e. The van der Waals surface area contributed by atoms with E-state index in [-0.39, 0.29) is 0 Å². The van der Waals surface area contributed by atoms with Crippen molar-refractivity contribution in [3.05, 3.63) is 24.3 Å². The lowest BCUT2D eigenvalue weighted by Gasteiger charge is -2.14. The second kappa shape index (κ2) is 10.1. The summed E-state index contributed by atoms with van der Waals surface area (Å²) in [6, 6.07) is 8.45. The molecule has 1 aromatic rings. The number of ether oxygens (including phenoxy) is 3. The zero-order valence-electron chi connectivity index (χ0n) is 12.2. The summed E-state index contributed by atoms with van der Waals surface area (Å²) < 4.78 is 15.9. The number of hydrogen-bond acceptors (Lipinski definition) is 3. The predicted octanol–water partition coefficient (Wildman–Crippen LogP) is 2.75. The van der Waals surface area contributed by atoms with Gasteiger partial charge in [0.05, 0.1) is 19.8 Å². The van der Waals surface area contributed by atoms with Crippen molar-refractivity contribution < 1.29 is 14.2 Å². The molecule has 1 saturated heterocycles. The van der Waals surface area contributed by atoms with Gasteiger partial charge in [0.15, 0.2) is 4.90 Å². The molecule has 0 bridgehead atoms. The van der Waals surface area contributed by atoms with Crippen LogP contribution in [0.4, 0.5) is 0 Å². The Morgan fingerprint density at radius 1 is 1.05 bits per heavy atom. The predicted molar refractivity (Wildman–Crippen MR) is 81.3 cm³/mol. The zero-order chi connectivity index (χ0) is 13.9. The van der Waals surface area contributed by atoms with Crippen LogP contribution in [0.1, 0.15) is 13.8 Å². The van der Waals surface area contributed by atoms with E-state index in [0.29, 0.717) is 24.1 Å². The topological polar surface area (TPSA) is 27.7 Å². The van der Waals surface area contributed by atoms with Gasteiger partial charge in [-0.15, -0.1) is 0 Å². The Morgan fingerprint density at radius 2 is 1.68 bits per heavy atom. The molecule has 2 rings (SSSR count). The molecule has 108 valence electrons. The summed E-state index contributed by atoms with van der Waals surface area (Å²) in [7, 11) is 2.05. The first-order chi connectivity index (χ1) is 9.40. The molecule has 1 fully saturated rings. The molecule has 0 N–H and O–H groups in total. The third-order valence-electron chi connectivity index (χ3n) is 2.66. The standard InChI is InChI=1S/C13H19O3S.C2H6/c1-14-6-7-16-12-2-4-13(5-3-12)17-10-8-15-9-11-17;1-2/h2-5H,6-11H2,1H3;1-2H3/q+1;. The molecular formula is C15H25O3S+. The summed E-state index contributed by atoms with van der Waals surface area (Å²) in [5.41, 5.74) is 0. The van der Waals surface area contributed by atoms with E-state index in [1.807, 2.05) is 26.0 Å². The summed E-state index contributed by atoms with van der Waals surface area (Å²) in [6.45, 7) is 7.03. The van der Waals surface area contributed by atoms with Crippen LogP contribution in [-0.2, 0) is 20.4 Å². The van der Waals surface area contributed by atoms with Crippen molar-refractivity contribution in [2.45, 2.75) is 18.7 Å². The Labute approximate surface area is 119 Å². The van der Waals surface area contributed by atoms with Crippen LogP contribution in [0.15, 0.2) is 29.2 Å². The Bertz CT molecular complexity index is 321. The van der Waals surface area contributed by atoms with E-state index in [9.17, 15) is 0 Å². The van der Waals surface area contributed by atoms with Crippen LogP contribution in [0.3, 0.4) is 0 Å². The normalized spacial score (nSPS) is 15.5. The van der Waals surface area contributed by atoms with Crippen LogP contribution in [-0.4, -0.2) is 45.0 Å². The highest BCUT2D eigenvalue weighted by Gasteiger charge is 2.24. The molecule has 0 saturated carbocycles. The maximum Gasteiger partial charge on any atom is 0.155 e. The minimum absolute atomic E-state index is 0.371. The van der Waals surface area contributed by atoms with Gasteiger partial charge in [-0.05, 0) is 24.3 Å². The van der Waals surface area contributed by atoms with Gasteiger partial charge < -0.3 is 14.2 Å². The second-order valence-electron chi connectivity index (χ2n) is 3.83. The number of hydrogen-bond donors (Lipinski definition) is 0. The highest BCUT2D eigenvalue weighted by molar-refractivity contribution is 7.97. The van der Waals surface area contributed by atoms with Gasteiger partial charge in [-0.25, -0.2) is 0 Å². The van der Waals surface area contributed by atoms with Gasteiger partial charge in [0.1, 0.15) is 23.9 Å². The van der Waals surface area contributed by atoms with Crippen molar-refractivity contribution in [1.29, 1.82) is 0 Å². The van der Waals surface area contributed by atoms with Gasteiger partial charge in [-0.1, -0.05) is 13.8 Å². The molecule has 0 unspecified atom stereocenters. The lowest BCUT2D eigenvalue weighted by Crippen LogP contribution is -2.26. The highest BCUT2D eigenvalue weighted by atomic mass is 32.2. The summed E-state index contributed by atoms with van der Waals surface area (Å²) in [4.78, 5) is 1.42. The quantitative estimate of drug-likeness (QED) is 0.615. The average molecular weight is 285 g/mol. The number of methoxy groups -OCH3 is 1. The van der Waals surface area contributed by atoms with Crippen LogP contribution in [0, 0.1) is 0 Å². The molecular weight excluding hydrogens is 260 g/mol. The third kappa shape index (κ3) is 5.85. The second-order valence-corrected chi connectivity index (χ2v) is 6.10. The van der Waals surface area contributed by atoms with Crippen molar-refractivity contribution in [3.8, 4) is 5.75 Å². The Kier molecular flexibility index (Phi) is 8.71. The van der Waals surface area contributed by atoms with Crippen molar-refractivity contribution >= 4 is 10.9 Å². The Hall–Kier alpha value is -0.710. The van der Waals surface area contributed by atoms with E-state index in [2.05, 4.69) is 12.1 Å². The van der Waals surface area contributed by atoms with Crippen molar-refractivity contribution in [3.63, 3.8) is 0 Å². The number of benzene rings is 1. The van der Waals surface area contributed by atoms with Crippen molar-refractivity contribution in [2.75, 3.05) is 45.0 Å². The first kappa shape index (κ1) is 16.3. The van der Waals surface area contributed by atoms with Gasteiger partial charge in [-0.2, -0.15) is 0 Å². The average Bonchev–Trinajstić information content (AvgIpc) is 2.51. The van der Waals surface area contributed by atoms with Gasteiger partial charge in [0.2, 0.25) is 0 Å². The highest BCUT2D eigenvalue weighted by Crippen LogP contribution is 2.20. The summed E-state index contributed by atoms with van der Waals surface area (Å²) in [6.07, 6.45) is 0. The van der Waals surface area contributed by atoms with Crippen LogP contribution >= 0.6 is 0 Å². The first-order valence-electron chi connectivity index (χ1n) is 6.87. The van der Waals surface area contributed by atoms with Crippen LogP contribution < -0.4 is 4.74 Å². The van der Waals surface area contributed by atoms with Crippen molar-refractivity contribution in [1.82, 2.24) is 0 Å². The summed E-state index contributed by atoms with van der Waals surface area (Å²) in [5, 5.41) is 0. The van der Waals surface area contributed by atoms with Crippen LogP contribution in [0.25, 0.3) is 0 Å². The Morgan fingerprint density at radius 3 is 2.26 bits per heavy atom. The molecule has 0 aliphatic carbocycles. The molecule has 0 amide bonds. The molecule has 19 heavy (non-hydrogen) atoms. The SMILES string of the molecule is CC.COCCOc1ccc([S+]2CCOCC2)cc1. The molecule has 0 atom stereocenters. The molecule has 3 nitrogen and oxygen atoms in total. The Balaban J connectivity index is 0.000000861. The van der Waals surface area contributed by atoms with Crippen LogP contribution in [0.2, 0.25) is 0 Å². The van der Waals surface area contributed by atoms with E-state index in [0.717, 1.165) is 30.5 Å². The maximum atomic E-state index is 5.54. The molecule has 0 spiro atoms. The lowest BCUT2D eigenvalue weighted by atomic mass is 10.3. The van der Waals surface area contributed by atoms with E-state index >= 15 is 0 Å². The molecule has 4 heteroatoms. The van der Waals surface area contributed by atoms with Crippen LogP contribution in [0.5, 0.6) is 5.75 Å². The molecule has 1 heterocycles. The molecule has 0 aromatic heterocycles. The molecule has 1 aliphatic rings. The van der Waals surface area contributed by atoms with Crippen molar-refractivity contribution in [2.24, 2.45) is 0 Å². The van der Waals surface area contributed by atoms with Gasteiger partial charge in [-0.3, -0.25) is 0 Å². The van der Waals surface area contributed by atoms with E-state index in [1.165, 1.54) is 4.90 Å². The fourth-order valence-corrected chi connectivity index (χ4v) is 3.56. The maximum absolute atomic E-state index is 5.54. The third-order valence-corrected chi connectivity index (χ3v) is 4.92. The monoisotopic (exact) mass is 285 g/mol. The summed E-state index contributed by atoms with van der Waals surface area (Å²) >= 11 is 0. The first-order valence-corrected chi connectivity index (χ1v) is 8.43. The van der Waals surface area contributed by atoms with E-state index < -0.39 is 0 Å².